The number of likely N-dealkylation sites (N-methyl/N-ethyl adjacent to an activating group) is 1. The third kappa shape index (κ3) is 4.09. The van der Waals surface area contributed by atoms with Gasteiger partial charge in [0.25, 0.3) is 5.91 Å². The molecule has 3 aromatic rings. The quantitative estimate of drug-likeness (QED) is 0.597. The molecule has 1 heterocycles. The van der Waals surface area contributed by atoms with Gasteiger partial charge < -0.3 is 14.1 Å². The summed E-state index contributed by atoms with van der Waals surface area (Å²) >= 11 is 0. The van der Waals surface area contributed by atoms with Gasteiger partial charge in [-0.05, 0) is 37.5 Å². The maximum Gasteiger partial charge on any atom is 0.310 e. The molecule has 0 radical (unpaired) electrons. The molecule has 1 atom stereocenters. The summed E-state index contributed by atoms with van der Waals surface area (Å²) in [5.74, 6) is -0.691. The Bertz CT molecular complexity index is 991. The molecule has 0 spiro atoms. The number of furan rings is 1. The van der Waals surface area contributed by atoms with E-state index in [0.29, 0.717) is 0 Å². The normalized spacial score (nSPS) is 12.0. The average Bonchev–Trinajstić information content (AvgIpc) is 3.11. The Labute approximate surface area is 164 Å². The molecule has 1 aromatic heterocycles. The van der Waals surface area contributed by atoms with Gasteiger partial charge in [0.1, 0.15) is 5.58 Å². The van der Waals surface area contributed by atoms with E-state index in [2.05, 4.69) is 0 Å². The number of ether oxygens (including phenoxy) is 1. The third-order valence-corrected chi connectivity index (χ3v) is 5.29. The molecule has 28 heavy (non-hydrogen) atoms. The van der Waals surface area contributed by atoms with Crippen molar-refractivity contribution >= 4 is 22.8 Å². The summed E-state index contributed by atoms with van der Waals surface area (Å²) in [6.45, 7) is 5.67. The van der Waals surface area contributed by atoms with Crippen LogP contribution in [0.3, 0.4) is 0 Å². The molecule has 5 nitrogen and oxygen atoms in total. The molecule has 0 saturated carbocycles. The van der Waals surface area contributed by atoms with E-state index in [1.807, 2.05) is 63.2 Å². The number of rotatable bonds is 6. The second-order valence-corrected chi connectivity index (χ2v) is 7.07. The Balaban J connectivity index is 1.58. The number of hydrogen-bond donors (Lipinski definition) is 0. The van der Waals surface area contributed by atoms with Crippen LogP contribution in [0.25, 0.3) is 11.0 Å². The lowest BCUT2D eigenvalue weighted by molar-refractivity contribution is -0.151. The molecule has 146 valence electrons. The van der Waals surface area contributed by atoms with E-state index in [1.165, 1.54) is 0 Å². The van der Waals surface area contributed by atoms with Crippen molar-refractivity contribution in [1.82, 2.24) is 4.90 Å². The number of nitrogens with zero attached hydrogens (tertiary/aromatic N) is 1. The second kappa shape index (κ2) is 8.30. The number of esters is 1. The highest BCUT2D eigenvalue weighted by Gasteiger charge is 2.19. The Morgan fingerprint density at radius 2 is 1.82 bits per heavy atom. The van der Waals surface area contributed by atoms with Crippen molar-refractivity contribution in [2.45, 2.75) is 33.2 Å². The molecule has 0 N–H and O–H groups in total. The average molecular weight is 379 g/mol. The summed E-state index contributed by atoms with van der Waals surface area (Å²) < 4.78 is 10.8. The van der Waals surface area contributed by atoms with Crippen LogP contribution in [0.15, 0.2) is 53.1 Å². The zero-order valence-corrected chi connectivity index (χ0v) is 16.7. The van der Waals surface area contributed by atoms with Gasteiger partial charge in [0.15, 0.2) is 6.61 Å². The van der Waals surface area contributed by atoms with E-state index in [-0.39, 0.29) is 25.0 Å². The smallest absolute Gasteiger partial charge is 0.310 e. The van der Waals surface area contributed by atoms with Crippen molar-refractivity contribution in [3.8, 4) is 0 Å². The largest absolute Gasteiger partial charge is 0.464 e. The molecule has 0 bridgehead atoms. The van der Waals surface area contributed by atoms with E-state index in [1.54, 1.807) is 18.2 Å². The van der Waals surface area contributed by atoms with Gasteiger partial charge in [0.05, 0.1) is 18.7 Å². The molecule has 1 amide bonds. The van der Waals surface area contributed by atoms with Gasteiger partial charge in [-0.25, -0.2) is 0 Å². The number of carbonyl (C=O) groups excluding carboxylic acids is 2. The summed E-state index contributed by atoms with van der Waals surface area (Å²) in [7, 11) is 1.71. The topological polar surface area (TPSA) is 59.8 Å². The highest BCUT2D eigenvalue weighted by Crippen LogP contribution is 2.27. The zero-order valence-electron chi connectivity index (χ0n) is 16.7. The standard InChI is InChI=1S/C23H25NO4/c1-15-10-11-20-19(13-28-23(20)16(15)2)12-22(26)27-14-21(25)24(4)17(3)18-8-6-5-7-9-18/h5-11,13,17H,12,14H2,1-4H3/t17-/m1/s1. The Hall–Kier alpha value is -3.08. The van der Waals surface area contributed by atoms with Gasteiger partial charge in [0.2, 0.25) is 0 Å². The van der Waals surface area contributed by atoms with E-state index in [9.17, 15) is 9.59 Å². The molecule has 3 rings (SSSR count). The molecule has 0 aliphatic carbocycles. The lowest BCUT2D eigenvalue weighted by Gasteiger charge is -2.25. The van der Waals surface area contributed by atoms with Crippen LogP contribution in [0.1, 0.15) is 35.2 Å². The Morgan fingerprint density at radius 3 is 2.54 bits per heavy atom. The van der Waals surface area contributed by atoms with Crippen molar-refractivity contribution in [1.29, 1.82) is 0 Å². The lowest BCUT2D eigenvalue weighted by Crippen LogP contribution is -2.33. The van der Waals surface area contributed by atoms with Gasteiger partial charge in [-0.1, -0.05) is 42.5 Å². The van der Waals surface area contributed by atoms with Crippen molar-refractivity contribution in [3.05, 3.63) is 71.0 Å². The summed E-state index contributed by atoms with van der Waals surface area (Å²) in [6.07, 6.45) is 1.66. The fourth-order valence-corrected chi connectivity index (χ4v) is 3.15. The van der Waals surface area contributed by atoms with Crippen molar-refractivity contribution in [3.63, 3.8) is 0 Å². The predicted octanol–water partition coefficient (Wildman–Crippen LogP) is 4.35. The first-order valence-corrected chi connectivity index (χ1v) is 9.31. The number of aryl methyl sites for hydroxylation is 2. The summed E-state index contributed by atoms with van der Waals surface area (Å²) in [5.41, 5.74) is 4.78. The third-order valence-electron chi connectivity index (χ3n) is 5.29. The molecular weight excluding hydrogens is 354 g/mol. The van der Waals surface area contributed by atoms with Gasteiger partial charge >= 0.3 is 5.97 Å². The number of carbonyl (C=O) groups is 2. The van der Waals surface area contributed by atoms with E-state index in [0.717, 1.165) is 33.2 Å². The lowest BCUT2D eigenvalue weighted by atomic mass is 10.0. The van der Waals surface area contributed by atoms with Gasteiger partial charge in [-0.15, -0.1) is 0 Å². The van der Waals surface area contributed by atoms with Crippen molar-refractivity contribution in [2.24, 2.45) is 0 Å². The first-order valence-electron chi connectivity index (χ1n) is 9.31. The van der Waals surface area contributed by atoms with Crippen LogP contribution in [0, 0.1) is 13.8 Å². The Morgan fingerprint density at radius 1 is 1.11 bits per heavy atom. The molecule has 0 saturated heterocycles. The van der Waals surface area contributed by atoms with Crippen molar-refractivity contribution < 1.29 is 18.7 Å². The van der Waals surface area contributed by atoms with Crippen molar-refractivity contribution in [2.75, 3.05) is 13.7 Å². The summed E-state index contributed by atoms with van der Waals surface area (Å²) in [6, 6.07) is 13.6. The maximum atomic E-state index is 12.4. The predicted molar refractivity (Wildman–Crippen MR) is 108 cm³/mol. The minimum Gasteiger partial charge on any atom is -0.464 e. The van der Waals surface area contributed by atoms with Gasteiger partial charge in [0, 0.05) is 18.0 Å². The van der Waals surface area contributed by atoms with Crippen LogP contribution < -0.4 is 0 Å². The zero-order chi connectivity index (χ0) is 20.3. The molecule has 0 unspecified atom stereocenters. The van der Waals surface area contributed by atoms with Crippen LogP contribution in [-0.2, 0) is 20.7 Å². The highest BCUT2D eigenvalue weighted by molar-refractivity contribution is 5.89. The maximum absolute atomic E-state index is 12.4. The van der Waals surface area contributed by atoms with Crippen LogP contribution >= 0.6 is 0 Å². The number of fused-ring (bicyclic) bond motifs is 1. The van der Waals surface area contributed by atoms with Crippen LogP contribution in [0.2, 0.25) is 0 Å². The minimum atomic E-state index is -0.449. The van der Waals surface area contributed by atoms with Crippen LogP contribution in [0.5, 0.6) is 0 Å². The van der Waals surface area contributed by atoms with E-state index >= 15 is 0 Å². The molecule has 5 heteroatoms. The SMILES string of the molecule is Cc1ccc2c(CC(=O)OCC(=O)N(C)[C@H](C)c3ccccc3)coc2c1C. The highest BCUT2D eigenvalue weighted by atomic mass is 16.5. The molecule has 0 aliphatic heterocycles. The minimum absolute atomic E-state index is 0.0702. The number of hydrogen-bond acceptors (Lipinski definition) is 4. The first-order chi connectivity index (χ1) is 13.4. The molecule has 0 aliphatic rings. The molecule has 0 fully saturated rings. The second-order valence-electron chi connectivity index (χ2n) is 7.07. The summed E-state index contributed by atoms with van der Waals surface area (Å²) in [5, 5.41) is 0.904. The Kier molecular flexibility index (Phi) is 5.83. The van der Waals surface area contributed by atoms with Gasteiger partial charge in [-0.2, -0.15) is 0 Å². The van der Waals surface area contributed by atoms with Gasteiger partial charge in [-0.3, -0.25) is 9.59 Å². The van der Waals surface area contributed by atoms with Crippen LogP contribution in [0.4, 0.5) is 0 Å². The molecular formula is C23H25NO4. The summed E-state index contributed by atoms with van der Waals surface area (Å²) in [4.78, 5) is 26.2. The number of amides is 1. The van der Waals surface area contributed by atoms with Crippen LogP contribution in [-0.4, -0.2) is 30.4 Å². The monoisotopic (exact) mass is 379 g/mol. The fourth-order valence-electron chi connectivity index (χ4n) is 3.15. The van der Waals surface area contributed by atoms with E-state index < -0.39 is 5.97 Å². The fraction of sp³-hybridized carbons (Fsp3) is 0.304. The van der Waals surface area contributed by atoms with E-state index in [4.69, 9.17) is 9.15 Å². The number of benzene rings is 2. The first kappa shape index (κ1) is 19.7. The molecule has 2 aromatic carbocycles.